The van der Waals surface area contributed by atoms with Crippen molar-refractivity contribution in [3.05, 3.63) is 132 Å². The Balaban J connectivity index is 1.09. The van der Waals surface area contributed by atoms with Crippen molar-refractivity contribution in [3.63, 3.8) is 0 Å². The molecule has 0 unspecified atom stereocenters. The molecule has 14 heteroatoms. The third-order valence-electron chi connectivity index (χ3n) is 7.07. The van der Waals surface area contributed by atoms with Crippen molar-refractivity contribution in [2.24, 2.45) is 0 Å². The van der Waals surface area contributed by atoms with Gasteiger partial charge in [-0.1, -0.05) is 120 Å². The summed E-state index contributed by atoms with van der Waals surface area (Å²) in [6.07, 6.45) is 0.874. The molecule has 0 aliphatic carbocycles. The largest absolute Gasteiger partial charge is 0.360 e. The van der Waals surface area contributed by atoms with Crippen LogP contribution in [0.2, 0.25) is 0 Å². The van der Waals surface area contributed by atoms with Crippen molar-refractivity contribution in [2.75, 3.05) is 6.66 Å². The molecule has 0 aliphatic heterocycles. The highest BCUT2D eigenvalue weighted by atomic mass is 31.2. The minimum atomic E-state index is -3.70. The van der Waals surface area contributed by atoms with E-state index in [0.717, 1.165) is 33.4 Å². The number of hydrogen-bond acceptors (Lipinski definition) is 11. The highest BCUT2D eigenvalue weighted by Crippen LogP contribution is 2.43. The van der Waals surface area contributed by atoms with E-state index < -0.39 is 19.7 Å². The first kappa shape index (κ1) is 30.1. The molecule has 2 heterocycles. The van der Waals surface area contributed by atoms with E-state index in [4.69, 9.17) is 9.25 Å². The Morgan fingerprint density at radius 1 is 0.600 bits per heavy atom. The van der Waals surface area contributed by atoms with Gasteiger partial charge in [0, 0.05) is 6.66 Å². The van der Waals surface area contributed by atoms with Gasteiger partial charge in [0.15, 0.2) is 11.6 Å². The number of benzene rings is 4. The van der Waals surface area contributed by atoms with E-state index in [9.17, 15) is 4.57 Å². The van der Waals surface area contributed by atoms with Crippen LogP contribution >= 0.6 is 7.60 Å². The predicted octanol–water partition coefficient (Wildman–Crippen LogP) is 5.18. The number of hydrogen-bond donors (Lipinski definition) is 4. The molecular weight excluding hydrogens is 591 g/mol. The minimum Gasteiger partial charge on any atom is -0.257 e. The molecule has 0 spiro atoms. The van der Waals surface area contributed by atoms with Gasteiger partial charge in [0.2, 0.25) is 0 Å². The first-order chi connectivity index (χ1) is 22.0. The van der Waals surface area contributed by atoms with Crippen LogP contribution in [0.15, 0.2) is 109 Å². The summed E-state index contributed by atoms with van der Waals surface area (Å²) in [6.45, 7) is 1.34. The highest BCUT2D eigenvalue weighted by Gasteiger charge is 2.27. The van der Waals surface area contributed by atoms with Crippen LogP contribution < -0.4 is 11.0 Å². The molecule has 2 atom stereocenters. The molecule has 0 saturated carbocycles. The van der Waals surface area contributed by atoms with Gasteiger partial charge >= 0.3 is 7.60 Å². The molecule has 2 aromatic heterocycles. The average Bonchev–Trinajstić information content (AvgIpc) is 3.82. The van der Waals surface area contributed by atoms with E-state index in [1.165, 1.54) is 6.66 Å². The van der Waals surface area contributed by atoms with Crippen LogP contribution in [0.3, 0.4) is 0 Å². The quantitative estimate of drug-likeness (QED) is 0.0933. The fourth-order valence-corrected chi connectivity index (χ4v) is 5.42. The van der Waals surface area contributed by atoms with Crippen LogP contribution in [-0.2, 0) is 26.7 Å². The van der Waals surface area contributed by atoms with Crippen LogP contribution in [0.5, 0.6) is 0 Å². The molecule has 6 rings (SSSR count). The first-order valence-electron chi connectivity index (χ1n) is 14.2. The van der Waals surface area contributed by atoms with Crippen LogP contribution in [0.1, 0.15) is 34.9 Å². The zero-order valence-corrected chi connectivity index (χ0v) is 25.2. The third kappa shape index (κ3) is 8.18. The highest BCUT2D eigenvalue weighted by molar-refractivity contribution is 7.52. The first-order valence-corrected chi connectivity index (χ1v) is 16.2. The Morgan fingerprint density at radius 2 is 0.978 bits per heavy atom. The van der Waals surface area contributed by atoms with Crippen LogP contribution in [0.25, 0.3) is 22.3 Å². The maximum absolute atomic E-state index is 13.4. The molecule has 0 saturated heterocycles. The Morgan fingerprint density at radius 3 is 1.33 bits per heavy atom. The maximum atomic E-state index is 13.4. The standard InChI is InChI=1S/C31H31N10O3P/c1-45(42,43-36-28(30-32-38-39-33-30)20-22-12-16-26(17-13-22)24-8-4-2-5-9-24)44-37-29(31-34-40-41-35-31)21-23-14-18-27(19-15-23)25-10-6-3-7-11-25/h2-19,28-29,36-37H,20-21H2,1H3,(H,32,33,38,39)(H,34,35,40,41)/t28-,29-/m0/s1. The van der Waals surface area contributed by atoms with Crippen LogP contribution in [-0.4, -0.2) is 47.9 Å². The lowest BCUT2D eigenvalue weighted by Gasteiger charge is -2.21. The summed E-state index contributed by atoms with van der Waals surface area (Å²) in [5, 5.41) is 28.6. The Labute approximate surface area is 259 Å². The number of nitrogens with zero attached hydrogens (tertiary/aromatic N) is 6. The summed E-state index contributed by atoms with van der Waals surface area (Å²) in [4.78, 5) is 0. The Bertz CT molecular complexity index is 1660. The number of aromatic amines is 2. The number of H-pyrrole nitrogens is 2. The number of rotatable bonds is 14. The molecule has 6 aromatic rings. The minimum absolute atomic E-state index is 0.346. The number of aromatic nitrogens is 8. The van der Waals surface area contributed by atoms with Crippen LogP contribution in [0.4, 0.5) is 0 Å². The van der Waals surface area contributed by atoms with E-state index >= 15 is 0 Å². The van der Waals surface area contributed by atoms with Gasteiger partial charge in [0.05, 0.1) is 0 Å². The lowest BCUT2D eigenvalue weighted by atomic mass is 10.0. The fraction of sp³-hybridized carbons (Fsp3) is 0.161. The Kier molecular flexibility index (Phi) is 9.54. The van der Waals surface area contributed by atoms with Gasteiger partial charge in [-0.15, -0.1) is 20.4 Å². The van der Waals surface area contributed by atoms with Gasteiger partial charge in [-0.3, -0.25) is 4.57 Å². The van der Waals surface area contributed by atoms with Crippen LogP contribution in [0, 0.1) is 0 Å². The topological polar surface area (TPSA) is 169 Å². The molecule has 0 radical (unpaired) electrons. The molecule has 4 aromatic carbocycles. The fourth-order valence-electron chi connectivity index (χ4n) is 4.74. The summed E-state index contributed by atoms with van der Waals surface area (Å²) in [7, 11) is -3.70. The predicted molar refractivity (Wildman–Crippen MR) is 167 cm³/mol. The van der Waals surface area contributed by atoms with Crippen molar-refractivity contribution in [2.45, 2.75) is 24.9 Å². The van der Waals surface area contributed by atoms with E-state index in [1.807, 2.05) is 84.9 Å². The third-order valence-corrected chi connectivity index (χ3v) is 7.94. The van der Waals surface area contributed by atoms with Crippen molar-refractivity contribution in [3.8, 4) is 22.3 Å². The average molecular weight is 623 g/mol. The second kappa shape index (κ2) is 14.2. The van der Waals surface area contributed by atoms with E-state index in [2.05, 4.69) is 76.5 Å². The van der Waals surface area contributed by atoms with Gasteiger partial charge in [-0.05, 0) is 46.2 Å². The summed E-state index contributed by atoms with van der Waals surface area (Å²) in [6, 6.07) is 35.3. The van der Waals surface area contributed by atoms with Crippen molar-refractivity contribution in [1.29, 1.82) is 0 Å². The number of hydroxylamine groups is 2. The maximum Gasteiger partial charge on any atom is 0.360 e. The van der Waals surface area contributed by atoms with E-state index in [1.54, 1.807) is 0 Å². The molecule has 0 bridgehead atoms. The molecule has 45 heavy (non-hydrogen) atoms. The number of nitrogens with one attached hydrogen (secondary N) is 4. The second-order valence-electron chi connectivity index (χ2n) is 10.4. The van der Waals surface area contributed by atoms with Crippen molar-refractivity contribution >= 4 is 7.60 Å². The summed E-state index contributed by atoms with van der Waals surface area (Å²) in [5.41, 5.74) is 12.1. The second-order valence-corrected chi connectivity index (χ2v) is 12.3. The molecule has 0 aliphatic rings. The normalized spacial score (nSPS) is 13.0. The molecule has 13 nitrogen and oxygen atoms in total. The lowest BCUT2D eigenvalue weighted by Crippen LogP contribution is -2.28. The van der Waals surface area contributed by atoms with Gasteiger partial charge in [0.25, 0.3) is 0 Å². The smallest absolute Gasteiger partial charge is 0.257 e. The Hall–Kier alpha value is -4.91. The van der Waals surface area contributed by atoms with Crippen molar-refractivity contribution in [1.82, 2.24) is 52.2 Å². The SMILES string of the molecule is CP(=O)(ON[C@@H](Cc1ccc(-c2ccccc2)cc1)c1nn[nH]n1)ON[C@@H](Cc1ccc(-c2ccccc2)cc1)c1nn[nH]n1. The molecule has 228 valence electrons. The molecule has 0 fully saturated rings. The summed E-state index contributed by atoms with van der Waals surface area (Å²) >= 11 is 0. The summed E-state index contributed by atoms with van der Waals surface area (Å²) in [5.74, 6) is 0.692. The monoisotopic (exact) mass is 622 g/mol. The van der Waals surface area contributed by atoms with E-state index in [0.29, 0.717) is 24.5 Å². The van der Waals surface area contributed by atoms with Gasteiger partial charge in [0.1, 0.15) is 12.1 Å². The lowest BCUT2D eigenvalue weighted by molar-refractivity contribution is 0.0694. The van der Waals surface area contributed by atoms with Gasteiger partial charge < -0.3 is 0 Å². The van der Waals surface area contributed by atoms with Gasteiger partial charge in [-0.2, -0.15) is 21.4 Å². The number of tetrazole rings is 2. The molecule has 0 amide bonds. The van der Waals surface area contributed by atoms with Gasteiger partial charge in [-0.25, -0.2) is 9.25 Å². The van der Waals surface area contributed by atoms with Crippen molar-refractivity contribution < 1.29 is 13.8 Å². The molecular formula is C31H31N10O3P. The van der Waals surface area contributed by atoms with E-state index in [-0.39, 0.29) is 0 Å². The molecule has 4 N–H and O–H groups in total. The zero-order chi connectivity index (χ0) is 30.9. The zero-order valence-electron chi connectivity index (χ0n) is 24.3. The summed E-state index contributed by atoms with van der Waals surface area (Å²) < 4.78 is 24.6.